The molecule has 6 heteroatoms. The highest BCUT2D eigenvalue weighted by atomic mass is 16.1. The number of aromatic nitrogens is 3. The third kappa shape index (κ3) is 5.37. The number of carbonyl (C=O) groups excluding carboxylic acids is 1. The molecule has 32 heavy (non-hydrogen) atoms. The number of aryl methyl sites for hydroxylation is 2. The van der Waals surface area contributed by atoms with Gasteiger partial charge in [0.05, 0.1) is 11.3 Å². The Morgan fingerprint density at radius 1 is 1.06 bits per heavy atom. The molecule has 0 unspecified atom stereocenters. The van der Waals surface area contributed by atoms with Gasteiger partial charge in [-0.2, -0.15) is 0 Å². The summed E-state index contributed by atoms with van der Waals surface area (Å²) in [4.78, 5) is 35.9. The Morgan fingerprint density at radius 3 is 2.59 bits per heavy atom. The van der Waals surface area contributed by atoms with Crippen molar-refractivity contribution in [3.8, 4) is 0 Å². The fourth-order valence-electron chi connectivity index (χ4n) is 4.19. The van der Waals surface area contributed by atoms with Gasteiger partial charge >= 0.3 is 0 Å². The molecule has 166 valence electrons. The standard InChI is InChI=1S/C26H30N4O2/c1-19-28-25-12-15-30(18-24(25)26(32)29(19)2)14-11-20-5-7-21(8-6-20)16-23(31)10-9-22-4-3-13-27-17-22/h3-8,13,17H,9-12,14-16,18H2,1-2H3. The van der Waals surface area contributed by atoms with E-state index in [1.54, 1.807) is 17.8 Å². The highest BCUT2D eigenvalue weighted by molar-refractivity contribution is 5.81. The maximum Gasteiger partial charge on any atom is 0.257 e. The largest absolute Gasteiger partial charge is 0.300 e. The number of ketones is 1. The first kappa shape index (κ1) is 22.1. The van der Waals surface area contributed by atoms with E-state index in [1.165, 1.54) is 5.56 Å². The number of nitrogens with zero attached hydrogens (tertiary/aromatic N) is 4. The summed E-state index contributed by atoms with van der Waals surface area (Å²) in [6.45, 7) is 4.38. The van der Waals surface area contributed by atoms with Crippen molar-refractivity contribution in [1.82, 2.24) is 19.4 Å². The van der Waals surface area contributed by atoms with E-state index in [0.717, 1.165) is 60.6 Å². The molecule has 0 bridgehead atoms. The zero-order chi connectivity index (χ0) is 22.5. The van der Waals surface area contributed by atoms with Crippen LogP contribution in [0.2, 0.25) is 0 Å². The van der Waals surface area contributed by atoms with Gasteiger partial charge in [0.25, 0.3) is 5.56 Å². The molecule has 0 N–H and O–H groups in total. The second kappa shape index (κ2) is 10.0. The highest BCUT2D eigenvalue weighted by Gasteiger charge is 2.21. The lowest BCUT2D eigenvalue weighted by molar-refractivity contribution is -0.118. The first-order valence-corrected chi connectivity index (χ1v) is 11.3. The van der Waals surface area contributed by atoms with Crippen LogP contribution in [0.25, 0.3) is 0 Å². The van der Waals surface area contributed by atoms with Crippen LogP contribution in [0.1, 0.15) is 40.2 Å². The number of fused-ring (bicyclic) bond motifs is 1. The zero-order valence-electron chi connectivity index (χ0n) is 18.9. The van der Waals surface area contributed by atoms with E-state index in [2.05, 4.69) is 39.1 Å². The summed E-state index contributed by atoms with van der Waals surface area (Å²) < 4.78 is 1.64. The van der Waals surface area contributed by atoms with Crippen LogP contribution in [0.4, 0.5) is 0 Å². The number of hydrogen-bond acceptors (Lipinski definition) is 5. The van der Waals surface area contributed by atoms with Crippen molar-refractivity contribution in [3.63, 3.8) is 0 Å². The van der Waals surface area contributed by atoms with Crippen LogP contribution in [0, 0.1) is 6.92 Å². The van der Waals surface area contributed by atoms with E-state index in [-0.39, 0.29) is 11.3 Å². The van der Waals surface area contributed by atoms with Gasteiger partial charge in [-0.3, -0.25) is 24.0 Å². The van der Waals surface area contributed by atoms with Gasteiger partial charge in [0.2, 0.25) is 0 Å². The molecule has 1 aliphatic heterocycles. The summed E-state index contributed by atoms with van der Waals surface area (Å²) in [5, 5.41) is 0. The van der Waals surface area contributed by atoms with E-state index in [9.17, 15) is 9.59 Å². The fourth-order valence-corrected chi connectivity index (χ4v) is 4.19. The summed E-state index contributed by atoms with van der Waals surface area (Å²) in [7, 11) is 1.79. The van der Waals surface area contributed by atoms with Gasteiger partial charge in [0.1, 0.15) is 11.6 Å². The number of benzene rings is 1. The summed E-state index contributed by atoms with van der Waals surface area (Å²) in [6.07, 6.45) is 7.06. The van der Waals surface area contributed by atoms with Crippen LogP contribution in [-0.2, 0) is 44.1 Å². The van der Waals surface area contributed by atoms with Gasteiger partial charge in [0.15, 0.2) is 0 Å². The second-order valence-corrected chi connectivity index (χ2v) is 8.62. The van der Waals surface area contributed by atoms with Gasteiger partial charge in [0, 0.05) is 58.3 Å². The van der Waals surface area contributed by atoms with Crippen LogP contribution in [0.15, 0.2) is 53.6 Å². The first-order chi connectivity index (χ1) is 15.5. The topological polar surface area (TPSA) is 68.1 Å². The SMILES string of the molecule is Cc1nc2c(c(=O)n1C)CN(CCc1ccc(CC(=O)CCc3cccnc3)cc1)CC2. The molecule has 0 amide bonds. The molecule has 1 aromatic carbocycles. The van der Waals surface area contributed by atoms with Gasteiger partial charge in [-0.05, 0) is 42.5 Å². The molecule has 0 saturated carbocycles. The van der Waals surface area contributed by atoms with Crippen molar-refractivity contribution in [2.45, 2.75) is 45.6 Å². The summed E-state index contributed by atoms with van der Waals surface area (Å²) in [5.41, 5.74) is 5.28. The minimum Gasteiger partial charge on any atom is -0.300 e. The van der Waals surface area contributed by atoms with Gasteiger partial charge in [-0.15, -0.1) is 0 Å². The summed E-state index contributed by atoms with van der Waals surface area (Å²) in [6, 6.07) is 12.3. The monoisotopic (exact) mass is 430 g/mol. The predicted molar refractivity (Wildman–Crippen MR) is 125 cm³/mol. The molecule has 4 rings (SSSR count). The Morgan fingerprint density at radius 2 is 1.84 bits per heavy atom. The molecule has 3 heterocycles. The van der Waals surface area contributed by atoms with Crippen molar-refractivity contribution in [1.29, 1.82) is 0 Å². The second-order valence-electron chi connectivity index (χ2n) is 8.62. The van der Waals surface area contributed by atoms with Crippen molar-refractivity contribution in [2.75, 3.05) is 13.1 Å². The van der Waals surface area contributed by atoms with E-state index in [1.807, 2.05) is 25.3 Å². The predicted octanol–water partition coefficient (Wildman–Crippen LogP) is 2.83. The Balaban J connectivity index is 1.27. The molecule has 3 aromatic rings. The minimum atomic E-state index is 0.0785. The maximum atomic E-state index is 12.6. The van der Waals surface area contributed by atoms with E-state index < -0.39 is 0 Å². The molecule has 2 aromatic heterocycles. The average Bonchev–Trinajstić information content (AvgIpc) is 2.82. The Hall–Kier alpha value is -3.12. The molecule has 1 aliphatic rings. The Kier molecular flexibility index (Phi) is 6.90. The molecule has 0 aliphatic carbocycles. The molecular formula is C26H30N4O2. The number of pyridine rings is 1. The molecule has 0 spiro atoms. The molecule has 0 fully saturated rings. The van der Waals surface area contributed by atoms with Crippen LogP contribution in [0.3, 0.4) is 0 Å². The Labute approximate surface area is 189 Å². The molecule has 0 radical (unpaired) electrons. The summed E-state index contributed by atoms with van der Waals surface area (Å²) in [5.74, 6) is 1.02. The van der Waals surface area contributed by atoms with Crippen molar-refractivity contribution < 1.29 is 4.79 Å². The van der Waals surface area contributed by atoms with Gasteiger partial charge in [-0.25, -0.2) is 4.98 Å². The number of carbonyl (C=O) groups is 1. The zero-order valence-corrected chi connectivity index (χ0v) is 18.9. The number of hydrogen-bond donors (Lipinski definition) is 0. The third-order valence-electron chi connectivity index (χ3n) is 6.30. The maximum absolute atomic E-state index is 12.6. The van der Waals surface area contributed by atoms with E-state index >= 15 is 0 Å². The van der Waals surface area contributed by atoms with E-state index in [4.69, 9.17) is 0 Å². The lowest BCUT2D eigenvalue weighted by atomic mass is 10.0. The highest BCUT2D eigenvalue weighted by Crippen LogP contribution is 2.15. The fraction of sp³-hybridized carbons (Fsp3) is 0.385. The lowest BCUT2D eigenvalue weighted by Gasteiger charge is -2.28. The van der Waals surface area contributed by atoms with Crippen LogP contribution in [0.5, 0.6) is 0 Å². The lowest BCUT2D eigenvalue weighted by Crippen LogP contribution is -2.39. The molecule has 6 nitrogen and oxygen atoms in total. The number of Topliss-reactive ketones (excluding diaryl/α,β-unsaturated/α-hetero) is 1. The van der Waals surface area contributed by atoms with Gasteiger partial charge < -0.3 is 0 Å². The van der Waals surface area contributed by atoms with Gasteiger partial charge in [-0.1, -0.05) is 30.3 Å². The van der Waals surface area contributed by atoms with Crippen molar-refractivity contribution in [3.05, 3.63) is 92.9 Å². The molecule has 0 atom stereocenters. The van der Waals surface area contributed by atoms with E-state index in [0.29, 0.717) is 19.4 Å². The minimum absolute atomic E-state index is 0.0785. The van der Waals surface area contributed by atoms with Crippen LogP contribution in [-0.4, -0.2) is 38.3 Å². The quantitative estimate of drug-likeness (QED) is 0.550. The summed E-state index contributed by atoms with van der Waals surface area (Å²) >= 11 is 0. The molecule has 0 saturated heterocycles. The normalized spacial score (nSPS) is 13.7. The first-order valence-electron chi connectivity index (χ1n) is 11.3. The Bertz CT molecular complexity index is 1140. The van der Waals surface area contributed by atoms with Crippen molar-refractivity contribution in [2.24, 2.45) is 7.05 Å². The van der Waals surface area contributed by atoms with Crippen LogP contribution >= 0.6 is 0 Å². The average molecular weight is 431 g/mol. The van der Waals surface area contributed by atoms with Crippen molar-refractivity contribution >= 4 is 5.78 Å². The molecular weight excluding hydrogens is 400 g/mol. The third-order valence-corrected chi connectivity index (χ3v) is 6.30. The smallest absolute Gasteiger partial charge is 0.257 e. The number of rotatable bonds is 8. The van der Waals surface area contributed by atoms with Crippen LogP contribution < -0.4 is 5.56 Å².